The molecule has 2 aromatic rings. The number of hydrogen-bond donors (Lipinski definition) is 1. The maximum absolute atomic E-state index is 12.9. The van der Waals surface area contributed by atoms with E-state index in [1.54, 1.807) is 28.6 Å². The lowest BCUT2D eigenvalue weighted by atomic mass is 10.0. The van der Waals surface area contributed by atoms with E-state index < -0.39 is 10.0 Å². The van der Waals surface area contributed by atoms with Crippen molar-refractivity contribution < 1.29 is 12.8 Å². The van der Waals surface area contributed by atoms with Gasteiger partial charge in [-0.05, 0) is 37.3 Å². The number of fused-ring (bicyclic) bond motifs is 1. The summed E-state index contributed by atoms with van der Waals surface area (Å²) < 4.78 is 32.8. The summed E-state index contributed by atoms with van der Waals surface area (Å²) in [4.78, 5) is 1.51. The van der Waals surface area contributed by atoms with Gasteiger partial charge in [-0.25, -0.2) is 8.42 Å². The van der Waals surface area contributed by atoms with Crippen LogP contribution in [0.5, 0.6) is 0 Å². The van der Waals surface area contributed by atoms with E-state index in [0.29, 0.717) is 18.1 Å². The highest BCUT2D eigenvalue weighted by Crippen LogP contribution is 2.37. The Labute approximate surface area is 128 Å². The highest BCUT2D eigenvalue weighted by Gasteiger charge is 2.36. The van der Waals surface area contributed by atoms with E-state index in [1.807, 2.05) is 18.4 Å². The molecular formula is C14H18N2O3S2. The standard InChI is InChI=1S/C14H18N2O3S2/c1-9-12-4-6-20-13(12)3-5-16(9)21(17,18)14-7-11(8-15)19-10(14)2/h4,6-7,9H,3,5,8,15H2,1-2H3. The summed E-state index contributed by atoms with van der Waals surface area (Å²) in [6.45, 7) is 4.29. The van der Waals surface area contributed by atoms with E-state index in [-0.39, 0.29) is 17.5 Å². The van der Waals surface area contributed by atoms with Gasteiger partial charge in [0, 0.05) is 23.5 Å². The Morgan fingerprint density at radius 1 is 1.52 bits per heavy atom. The second kappa shape index (κ2) is 5.24. The zero-order chi connectivity index (χ0) is 15.2. The molecule has 1 atom stereocenters. The van der Waals surface area contributed by atoms with Gasteiger partial charge in [-0.15, -0.1) is 11.3 Å². The summed E-state index contributed by atoms with van der Waals surface area (Å²) >= 11 is 1.69. The van der Waals surface area contributed by atoms with Crippen LogP contribution in [0.1, 0.15) is 34.9 Å². The van der Waals surface area contributed by atoms with Gasteiger partial charge < -0.3 is 10.2 Å². The number of hydrogen-bond acceptors (Lipinski definition) is 5. The second-order valence-electron chi connectivity index (χ2n) is 5.18. The predicted molar refractivity (Wildman–Crippen MR) is 81.7 cm³/mol. The first-order valence-corrected chi connectivity index (χ1v) is 9.14. The third-order valence-corrected chi connectivity index (χ3v) is 7.01. The van der Waals surface area contributed by atoms with E-state index in [1.165, 1.54) is 4.88 Å². The van der Waals surface area contributed by atoms with Crippen LogP contribution in [0, 0.1) is 6.92 Å². The molecule has 0 saturated carbocycles. The summed E-state index contributed by atoms with van der Waals surface area (Å²) in [5.41, 5.74) is 6.64. The fraction of sp³-hybridized carbons (Fsp3) is 0.429. The molecule has 7 heteroatoms. The quantitative estimate of drug-likeness (QED) is 0.940. The molecule has 0 saturated heterocycles. The molecule has 0 spiro atoms. The Kier molecular flexibility index (Phi) is 3.69. The molecule has 114 valence electrons. The van der Waals surface area contributed by atoms with Crippen molar-refractivity contribution in [3.05, 3.63) is 39.5 Å². The van der Waals surface area contributed by atoms with Gasteiger partial charge in [-0.2, -0.15) is 4.31 Å². The monoisotopic (exact) mass is 326 g/mol. The van der Waals surface area contributed by atoms with Crippen molar-refractivity contribution in [2.45, 2.75) is 37.8 Å². The number of thiophene rings is 1. The van der Waals surface area contributed by atoms with Gasteiger partial charge in [0.15, 0.2) is 0 Å². The maximum Gasteiger partial charge on any atom is 0.247 e. The second-order valence-corrected chi connectivity index (χ2v) is 8.04. The summed E-state index contributed by atoms with van der Waals surface area (Å²) in [6, 6.07) is 3.40. The predicted octanol–water partition coefficient (Wildman–Crippen LogP) is 2.42. The van der Waals surface area contributed by atoms with Crippen LogP contribution in [0.3, 0.4) is 0 Å². The van der Waals surface area contributed by atoms with Gasteiger partial charge in [-0.3, -0.25) is 0 Å². The molecule has 0 aliphatic carbocycles. The van der Waals surface area contributed by atoms with Crippen LogP contribution in [-0.2, 0) is 23.0 Å². The maximum atomic E-state index is 12.9. The molecule has 3 rings (SSSR count). The largest absolute Gasteiger partial charge is 0.464 e. The summed E-state index contributed by atoms with van der Waals surface area (Å²) in [5.74, 6) is 0.894. The number of aryl methyl sites for hydroxylation is 1. The minimum Gasteiger partial charge on any atom is -0.464 e. The van der Waals surface area contributed by atoms with Gasteiger partial charge >= 0.3 is 0 Å². The van der Waals surface area contributed by atoms with E-state index >= 15 is 0 Å². The zero-order valence-corrected chi connectivity index (χ0v) is 13.6. The lowest BCUT2D eigenvalue weighted by Gasteiger charge is -2.32. The van der Waals surface area contributed by atoms with Crippen molar-refractivity contribution in [2.75, 3.05) is 6.54 Å². The molecule has 1 unspecified atom stereocenters. The average Bonchev–Trinajstić information content (AvgIpc) is 3.05. The van der Waals surface area contributed by atoms with Crippen molar-refractivity contribution in [2.24, 2.45) is 5.73 Å². The smallest absolute Gasteiger partial charge is 0.247 e. The topological polar surface area (TPSA) is 76.5 Å². The first-order valence-electron chi connectivity index (χ1n) is 6.82. The van der Waals surface area contributed by atoms with Crippen LogP contribution in [0.25, 0.3) is 0 Å². The first-order chi connectivity index (χ1) is 9.95. The van der Waals surface area contributed by atoms with Crippen molar-refractivity contribution in [1.82, 2.24) is 4.31 Å². The van der Waals surface area contributed by atoms with Crippen LogP contribution in [0.15, 0.2) is 26.8 Å². The van der Waals surface area contributed by atoms with Gasteiger partial charge in [0.1, 0.15) is 16.4 Å². The van der Waals surface area contributed by atoms with Gasteiger partial charge in [0.05, 0.1) is 6.54 Å². The van der Waals surface area contributed by atoms with E-state index in [9.17, 15) is 8.42 Å². The number of rotatable bonds is 3. The van der Waals surface area contributed by atoms with E-state index in [0.717, 1.165) is 12.0 Å². The minimum absolute atomic E-state index is 0.152. The summed E-state index contributed by atoms with van der Waals surface area (Å²) in [7, 11) is -3.56. The summed E-state index contributed by atoms with van der Waals surface area (Å²) in [6.07, 6.45) is 0.761. The molecule has 21 heavy (non-hydrogen) atoms. The van der Waals surface area contributed by atoms with Gasteiger partial charge in [0.25, 0.3) is 0 Å². The van der Waals surface area contributed by atoms with Crippen molar-refractivity contribution in [3.63, 3.8) is 0 Å². The number of nitrogens with two attached hydrogens (primary N) is 1. The molecule has 1 aliphatic heterocycles. The average molecular weight is 326 g/mol. The van der Waals surface area contributed by atoms with Crippen molar-refractivity contribution in [1.29, 1.82) is 0 Å². The number of nitrogens with zero attached hydrogens (tertiary/aromatic N) is 1. The van der Waals surface area contributed by atoms with Crippen LogP contribution < -0.4 is 5.73 Å². The van der Waals surface area contributed by atoms with E-state index in [2.05, 4.69) is 0 Å². The Bertz CT molecular complexity index is 761. The van der Waals surface area contributed by atoms with Crippen LogP contribution >= 0.6 is 11.3 Å². The van der Waals surface area contributed by atoms with E-state index in [4.69, 9.17) is 10.2 Å². The molecule has 0 radical (unpaired) electrons. The molecule has 0 amide bonds. The lowest BCUT2D eigenvalue weighted by Crippen LogP contribution is -2.38. The molecule has 5 nitrogen and oxygen atoms in total. The zero-order valence-electron chi connectivity index (χ0n) is 12.0. The molecule has 3 heterocycles. The Morgan fingerprint density at radius 3 is 2.95 bits per heavy atom. The van der Waals surface area contributed by atoms with Crippen LogP contribution in [0.4, 0.5) is 0 Å². The van der Waals surface area contributed by atoms with Crippen molar-refractivity contribution in [3.8, 4) is 0 Å². The molecule has 0 bridgehead atoms. The number of sulfonamides is 1. The normalized spacial score (nSPS) is 19.7. The fourth-order valence-corrected chi connectivity index (χ4v) is 5.58. The highest BCUT2D eigenvalue weighted by molar-refractivity contribution is 7.89. The Morgan fingerprint density at radius 2 is 2.29 bits per heavy atom. The minimum atomic E-state index is -3.56. The molecule has 0 fully saturated rings. The molecule has 2 N–H and O–H groups in total. The number of furan rings is 1. The van der Waals surface area contributed by atoms with Crippen LogP contribution in [-0.4, -0.2) is 19.3 Å². The summed E-state index contributed by atoms with van der Waals surface area (Å²) in [5, 5.41) is 2.02. The third kappa shape index (κ3) is 2.34. The van der Waals surface area contributed by atoms with Crippen molar-refractivity contribution >= 4 is 21.4 Å². The highest BCUT2D eigenvalue weighted by atomic mass is 32.2. The Hall–Kier alpha value is -1.15. The SMILES string of the molecule is Cc1oc(CN)cc1S(=O)(=O)N1CCc2sccc2C1C. The fourth-order valence-electron chi connectivity index (χ4n) is 2.82. The lowest BCUT2D eigenvalue weighted by molar-refractivity contribution is 0.328. The molecular weight excluding hydrogens is 308 g/mol. The molecule has 0 aromatic carbocycles. The third-order valence-electron chi connectivity index (χ3n) is 3.93. The Balaban J connectivity index is 2.01. The van der Waals surface area contributed by atoms with Crippen LogP contribution in [0.2, 0.25) is 0 Å². The van der Waals surface area contributed by atoms with Gasteiger partial charge in [-0.1, -0.05) is 0 Å². The first kappa shape index (κ1) is 14.8. The molecule has 2 aromatic heterocycles. The molecule has 1 aliphatic rings. The van der Waals surface area contributed by atoms with Gasteiger partial charge in [0.2, 0.25) is 10.0 Å².